The molecule has 4 nitrogen and oxygen atoms in total. The fourth-order valence-corrected chi connectivity index (χ4v) is 1.86. The molecular formula is C13H15BrN2O2. The normalized spacial score (nSPS) is 11.4. The molecule has 0 spiro atoms. The molecule has 1 aromatic rings. The summed E-state index contributed by atoms with van der Waals surface area (Å²) >= 11 is 3.32. The van der Waals surface area contributed by atoms with Gasteiger partial charge in [-0.1, -0.05) is 22.9 Å². The average molecular weight is 311 g/mol. The Morgan fingerprint density at radius 2 is 2.33 bits per heavy atom. The number of rotatable bonds is 5. The molecular weight excluding hydrogens is 296 g/mol. The van der Waals surface area contributed by atoms with Crippen molar-refractivity contribution < 1.29 is 9.53 Å². The third-order valence-electron chi connectivity index (χ3n) is 2.57. The second-order valence-corrected chi connectivity index (χ2v) is 4.70. The second kappa shape index (κ2) is 7.02. The number of hydrogen-bond acceptors (Lipinski definition) is 3. The highest BCUT2D eigenvalue weighted by Gasteiger charge is 2.16. The van der Waals surface area contributed by atoms with Crippen molar-refractivity contribution in [3.05, 3.63) is 28.2 Å². The van der Waals surface area contributed by atoms with Crippen molar-refractivity contribution in [1.82, 2.24) is 5.32 Å². The maximum atomic E-state index is 12.1. The van der Waals surface area contributed by atoms with Gasteiger partial charge in [0.1, 0.15) is 5.75 Å². The minimum Gasteiger partial charge on any atom is -0.496 e. The molecule has 1 rings (SSSR count). The van der Waals surface area contributed by atoms with Crippen LogP contribution in [0.3, 0.4) is 0 Å². The summed E-state index contributed by atoms with van der Waals surface area (Å²) in [6.07, 6.45) is 1.03. The van der Waals surface area contributed by atoms with Gasteiger partial charge in [0.2, 0.25) is 0 Å². The summed E-state index contributed by atoms with van der Waals surface area (Å²) < 4.78 is 6.01. The zero-order valence-electron chi connectivity index (χ0n) is 10.4. The lowest BCUT2D eigenvalue weighted by atomic mass is 10.1. The van der Waals surface area contributed by atoms with Gasteiger partial charge in [-0.05, 0) is 24.6 Å². The van der Waals surface area contributed by atoms with Gasteiger partial charge in [0.15, 0.2) is 0 Å². The van der Waals surface area contributed by atoms with Crippen LogP contribution in [0.2, 0.25) is 0 Å². The number of hydrogen-bond donors (Lipinski definition) is 1. The fourth-order valence-electron chi connectivity index (χ4n) is 1.52. The molecule has 0 aliphatic rings. The predicted molar refractivity (Wildman–Crippen MR) is 72.5 cm³/mol. The van der Waals surface area contributed by atoms with Crippen molar-refractivity contribution in [3.63, 3.8) is 0 Å². The van der Waals surface area contributed by atoms with Crippen LogP contribution in [-0.4, -0.2) is 19.1 Å². The molecule has 18 heavy (non-hydrogen) atoms. The average Bonchev–Trinajstić information content (AvgIpc) is 2.37. The number of carbonyl (C=O) groups is 1. The van der Waals surface area contributed by atoms with Crippen molar-refractivity contribution in [3.8, 4) is 11.8 Å². The van der Waals surface area contributed by atoms with Crippen molar-refractivity contribution in [1.29, 1.82) is 5.26 Å². The minimum absolute atomic E-state index is 0.129. The van der Waals surface area contributed by atoms with E-state index in [-0.39, 0.29) is 11.9 Å². The van der Waals surface area contributed by atoms with Gasteiger partial charge in [-0.3, -0.25) is 4.79 Å². The van der Waals surface area contributed by atoms with Gasteiger partial charge < -0.3 is 10.1 Å². The van der Waals surface area contributed by atoms with Crippen LogP contribution < -0.4 is 10.1 Å². The van der Waals surface area contributed by atoms with E-state index in [2.05, 4.69) is 27.3 Å². The molecule has 0 aromatic heterocycles. The van der Waals surface area contributed by atoms with Crippen LogP contribution in [0.15, 0.2) is 22.7 Å². The largest absolute Gasteiger partial charge is 0.496 e. The molecule has 0 saturated carbocycles. The monoisotopic (exact) mass is 310 g/mol. The molecule has 0 aliphatic carbocycles. The molecule has 1 atom stereocenters. The van der Waals surface area contributed by atoms with Gasteiger partial charge in [-0.2, -0.15) is 5.26 Å². The van der Waals surface area contributed by atoms with E-state index in [0.29, 0.717) is 17.7 Å². The summed E-state index contributed by atoms with van der Waals surface area (Å²) in [5.41, 5.74) is 0.470. The fraction of sp³-hybridized carbons (Fsp3) is 0.385. The van der Waals surface area contributed by atoms with Crippen molar-refractivity contribution in [2.24, 2.45) is 0 Å². The molecule has 0 fully saturated rings. The van der Waals surface area contributed by atoms with Crippen molar-refractivity contribution in [2.75, 3.05) is 7.11 Å². The number of carbonyl (C=O) groups excluding carboxylic acids is 1. The SMILES string of the molecule is CCC(CC#N)NC(=O)c1ccc(Br)cc1OC. The van der Waals surface area contributed by atoms with Gasteiger partial charge in [0, 0.05) is 10.5 Å². The lowest BCUT2D eigenvalue weighted by molar-refractivity contribution is 0.0933. The first-order chi connectivity index (χ1) is 8.62. The molecule has 1 unspecified atom stereocenters. The van der Waals surface area contributed by atoms with Crippen molar-refractivity contribution >= 4 is 21.8 Å². The van der Waals surface area contributed by atoms with Gasteiger partial charge >= 0.3 is 0 Å². The maximum absolute atomic E-state index is 12.1. The summed E-state index contributed by atoms with van der Waals surface area (Å²) in [6, 6.07) is 7.14. The van der Waals surface area contributed by atoms with Gasteiger partial charge in [0.25, 0.3) is 5.91 Å². The van der Waals surface area contributed by atoms with E-state index in [0.717, 1.165) is 10.9 Å². The summed E-state index contributed by atoms with van der Waals surface area (Å²) in [4.78, 5) is 12.1. The topological polar surface area (TPSA) is 62.1 Å². The molecule has 0 bridgehead atoms. The summed E-state index contributed by atoms with van der Waals surface area (Å²) in [5.74, 6) is 0.287. The first-order valence-corrected chi connectivity index (χ1v) is 6.43. The third-order valence-corrected chi connectivity index (χ3v) is 3.07. The number of nitrogens with zero attached hydrogens (tertiary/aromatic N) is 1. The number of nitrogens with one attached hydrogen (secondary N) is 1. The lowest BCUT2D eigenvalue weighted by Gasteiger charge is -2.15. The predicted octanol–water partition coefficient (Wildman–Crippen LogP) is 2.88. The Morgan fingerprint density at radius 3 is 2.89 bits per heavy atom. The molecule has 0 heterocycles. The maximum Gasteiger partial charge on any atom is 0.255 e. The highest BCUT2D eigenvalue weighted by atomic mass is 79.9. The van der Waals surface area contributed by atoms with Crippen LogP contribution in [0.4, 0.5) is 0 Å². The molecule has 0 saturated heterocycles. The smallest absolute Gasteiger partial charge is 0.255 e. The molecule has 0 radical (unpaired) electrons. The number of methoxy groups -OCH3 is 1. The van der Waals surface area contributed by atoms with Gasteiger partial charge in [-0.25, -0.2) is 0 Å². The summed E-state index contributed by atoms with van der Waals surface area (Å²) in [7, 11) is 1.52. The highest BCUT2D eigenvalue weighted by molar-refractivity contribution is 9.10. The molecule has 96 valence electrons. The van der Waals surface area contributed by atoms with Crippen LogP contribution in [0.1, 0.15) is 30.1 Å². The standard InChI is InChI=1S/C13H15BrN2O2/c1-3-10(6-7-15)16-13(17)11-5-4-9(14)8-12(11)18-2/h4-5,8,10H,3,6H2,1-2H3,(H,16,17). The number of ether oxygens (including phenoxy) is 1. The Bertz CT molecular complexity index is 469. The van der Waals surface area contributed by atoms with Gasteiger partial charge in [-0.15, -0.1) is 0 Å². The van der Waals surface area contributed by atoms with E-state index in [9.17, 15) is 4.79 Å². The highest BCUT2D eigenvalue weighted by Crippen LogP contribution is 2.23. The van der Waals surface area contributed by atoms with E-state index >= 15 is 0 Å². The first-order valence-electron chi connectivity index (χ1n) is 5.63. The number of nitriles is 1. The van der Waals surface area contributed by atoms with Crippen LogP contribution >= 0.6 is 15.9 Å². The first kappa shape index (κ1) is 14.5. The zero-order valence-corrected chi connectivity index (χ0v) is 12.0. The number of amides is 1. The molecule has 1 aromatic carbocycles. The van der Waals surface area contributed by atoms with Gasteiger partial charge in [0.05, 0.1) is 25.2 Å². The van der Waals surface area contributed by atoms with E-state index in [1.807, 2.05) is 6.92 Å². The van der Waals surface area contributed by atoms with Crippen LogP contribution in [0, 0.1) is 11.3 Å². The van der Waals surface area contributed by atoms with E-state index in [1.165, 1.54) is 7.11 Å². The Hall–Kier alpha value is -1.54. The van der Waals surface area contributed by atoms with Crippen molar-refractivity contribution in [2.45, 2.75) is 25.8 Å². The minimum atomic E-state index is -0.221. The Balaban J connectivity index is 2.87. The Labute approximate surface area is 115 Å². The van der Waals surface area contributed by atoms with Crippen LogP contribution in [0.25, 0.3) is 0 Å². The molecule has 5 heteroatoms. The Morgan fingerprint density at radius 1 is 1.61 bits per heavy atom. The quantitative estimate of drug-likeness (QED) is 0.909. The summed E-state index contributed by atoms with van der Waals surface area (Å²) in [6.45, 7) is 1.93. The van der Waals surface area contributed by atoms with E-state index < -0.39 is 0 Å². The number of benzene rings is 1. The lowest BCUT2D eigenvalue weighted by Crippen LogP contribution is -2.34. The zero-order chi connectivity index (χ0) is 13.5. The number of halogens is 1. The van der Waals surface area contributed by atoms with E-state index in [1.54, 1.807) is 18.2 Å². The van der Waals surface area contributed by atoms with Crippen LogP contribution in [0.5, 0.6) is 5.75 Å². The molecule has 1 amide bonds. The Kier molecular flexibility index (Phi) is 5.66. The van der Waals surface area contributed by atoms with Crippen LogP contribution in [-0.2, 0) is 0 Å². The molecule has 0 aliphatic heterocycles. The third kappa shape index (κ3) is 3.74. The second-order valence-electron chi connectivity index (χ2n) is 3.79. The van der Waals surface area contributed by atoms with E-state index in [4.69, 9.17) is 10.00 Å². The summed E-state index contributed by atoms with van der Waals surface area (Å²) in [5, 5.41) is 11.5. The molecule has 1 N–H and O–H groups in total.